The van der Waals surface area contributed by atoms with Gasteiger partial charge < -0.3 is 4.90 Å². The molecule has 0 spiro atoms. The Bertz CT molecular complexity index is 323. The minimum Gasteiger partial charge on any atom is -0.345 e. The molecule has 1 saturated heterocycles. The number of hydrogen-bond acceptors (Lipinski definition) is 2. The molecule has 2 heterocycles. The van der Waals surface area contributed by atoms with Gasteiger partial charge in [-0.3, -0.25) is 9.78 Å². The highest BCUT2D eigenvalue weighted by Crippen LogP contribution is 2.20. The number of hydrogen-bond donors (Lipinski definition) is 0. The zero-order valence-corrected chi connectivity index (χ0v) is 8.31. The molecule has 0 bridgehead atoms. The lowest BCUT2D eigenvalue weighted by atomic mass is 9.99. The van der Waals surface area contributed by atoms with E-state index in [2.05, 4.69) is 4.98 Å². The lowest BCUT2D eigenvalue weighted by Crippen LogP contribution is -2.23. The maximum Gasteiger partial charge on any atom is 0.225 e. The molecule has 3 heteroatoms. The van der Waals surface area contributed by atoms with E-state index in [1.807, 2.05) is 25.4 Å². The molecule has 0 aromatic carbocycles. The van der Waals surface area contributed by atoms with Crippen molar-refractivity contribution >= 4 is 5.91 Å². The Balaban J connectivity index is 2.02. The molecule has 1 aromatic rings. The average Bonchev–Trinajstić information content (AvgIpc) is 2.52. The van der Waals surface area contributed by atoms with Crippen molar-refractivity contribution in [2.75, 3.05) is 13.6 Å². The molecule has 0 saturated carbocycles. The Morgan fingerprint density at radius 3 is 3.07 bits per heavy atom. The highest BCUT2D eigenvalue weighted by atomic mass is 16.2. The fraction of sp³-hybridized carbons (Fsp3) is 0.455. The van der Waals surface area contributed by atoms with Gasteiger partial charge in [0.15, 0.2) is 0 Å². The van der Waals surface area contributed by atoms with Crippen molar-refractivity contribution < 1.29 is 4.79 Å². The Morgan fingerprint density at radius 1 is 1.64 bits per heavy atom. The number of carbonyl (C=O) groups excluding carboxylic acids is 1. The molecular weight excluding hydrogens is 176 g/mol. The molecule has 14 heavy (non-hydrogen) atoms. The highest BCUT2D eigenvalue weighted by Gasteiger charge is 2.28. The van der Waals surface area contributed by atoms with Crippen LogP contribution in [-0.4, -0.2) is 29.4 Å². The van der Waals surface area contributed by atoms with E-state index in [1.54, 1.807) is 11.1 Å². The predicted molar refractivity (Wildman–Crippen MR) is 53.7 cm³/mol. The van der Waals surface area contributed by atoms with Crippen LogP contribution >= 0.6 is 0 Å². The van der Waals surface area contributed by atoms with Crippen LogP contribution in [0.1, 0.15) is 12.0 Å². The van der Waals surface area contributed by atoms with Crippen molar-refractivity contribution in [2.24, 2.45) is 5.92 Å². The van der Waals surface area contributed by atoms with E-state index < -0.39 is 0 Å². The van der Waals surface area contributed by atoms with E-state index in [1.165, 1.54) is 0 Å². The van der Waals surface area contributed by atoms with Gasteiger partial charge >= 0.3 is 0 Å². The summed E-state index contributed by atoms with van der Waals surface area (Å²) in [5.74, 6) is 0.443. The van der Waals surface area contributed by atoms with Crippen molar-refractivity contribution in [3.8, 4) is 0 Å². The number of likely N-dealkylation sites (tertiary alicyclic amines) is 1. The van der Waals surface area contributed by atoms with E-state index in [-0.39, 0.29) is 11.8 Å². The highest BCUT2D eigenvalue weighted by molar-refractivity contribution is 5.80. The van der Waals surface area contributed by atoms with E-state index in [9.17, 15) is 4.79 Å². The summed E-state index contributed by atoms with van der Waals surface area (Å²) in [7, 11) is 1.87. The van der Waals surface area contributed by atoms with Gasteiger partial charge in [-0.25, -0.2) is 0 Å². The standard InChI is InChI=1S/C11H14N2O/c1-13-6-4-10(11(13)14)7-9-3-2-5-12-8-9/h2-3,5,8,10H,4,6-7H2,1H3. The van der Waals surface area contributed by atoms with E-state index >= 15 is 0 Å². The molecule has 3 nitrogen and oxygen atoms in total. The van der Waals surface area contributed by atoms with E-state index in [0.29, 0.717) is 0 Å². The quantitative estimate of drug-likeness (QED) is 0.699. The van der Waals surface area contributed by atoms with Crippen LogP contribution in [0, 0.1) is 5.92 Å². The number of pyridine rings is 1. The molecule has 1 atom stereocenters. The first-order valence-corrected chi connectivity index (χ1v) is 4.91. The molecule has 0 aliphatic carbocycles. The first-order valence-electron chi connectivity index (χ1n) is 4.91. The maximum atomic E-state index is 11.6. The van der Waals surface area contributed by atoms with Gasteiger partial charge in [-0.15, -0.1) is 0 Å². The van der Waals surface area contributed by atoms with Crippen molar-refractivity contribution in [3.63, 3.8) is 0 Å². The fourth-order valence-electron chi connectivity index (χ4n) is 1.89. The molecule has 0 radical (unpaired) electrons. The Labute approximate surface area is 83.8 Å². The summed E-state index contributed by atoms with van der Waals surface area (Å²) in [5.41, 5.74) is 1.15. The number of amides is 1. The van der Waals surface area contributed by atoms with Gasteiger partial charge in [-0.1, -0.05) is 6.07 Å². The molecule has 1 amide bonds. The van der Waals surface area contributed by atoms with Crippen molar-refractivity contribution in [3.05, 3.63) is 30.1 Å². The van der Waals surface area contributed by atoms with Crippen molar-refractivity contribution in [2.45, 2.75) is 12.8 Å². The summed E-state index contributed by atoms with van der Waals surface area (Å²) >= 11 is 0. The van der Waals surface area contributed by atoms with Crippen LogP contribution in [0.3, 0.4) is 0 Å². The Kier molecular flexibility index (Phi) is 2.48. The molecule has 2 rings (SSSR count). The molecule has 1 unspecified atom stereocenters. The number of aromatic nitrogens is 1. The summed E-state index contributed by atoms with van der Waals surface area (Å²) < 4.78 is 0. The fourth-order valence-corrected chi connectivity index (χ4v) is 1.89. The summed E-state index contributed by atoms with van der Waals surface area (Å²) in [4.78, 5) is 17.5. The predicted octanol–water partition coefficient (Wildman–Crippen LogP) is 1.10. The molecule has 0 N–H and O–H groups in total. The minimum absolute atomic E-state index is 0.171. The Hall–Kier alpha value is -1.38. The summed E-state index contributed by atoms with van der Waals surface area (Å²) in [6.07, 6.45) is 5.40. The largest absolute Gasteiger partial charge is 0.345 e. The monoisotopic (exact) mass is 190 g/mol. The summed E-state index contributed by atoms with van der Waals surface area (Å²) in [6, 6.07) is 3.94. The van der Waals surface area contributed by atoms with Gasteiger partial charge in [0.25, 0.3) is 0 Å². The van der Waals surface area contributed by atoms with Gasteiger partial charge in [0, 0.05) is 31.9 Å². The van der Waals surface area contributed by atoms with Crippen LogP contribution in [0.2, 0.25) is 0 Å². The first-order chi connectivity index (χ1) is 6.77. The number of carbonyl (C=O) groups is 1. The first kappa shape index (κ1) is 9.19. The molecule has 1 aliphatic heterocycles. The van der Waals surface area contributed by atoms with Gasteiger partial charge in [0.1, 0.15) is 0 Å². The van der Waals surface area contributed by atoms with Gasteiger partial charge in [0.05, 0.1) is 0 Å². The second-order valence-electron chi connectivity index (χ2n) is 3.81. The zero-order valence-electron chi connectivity index (χ0n) is 8.31. The minimum atomic E-state index is 0.171. The third-order valence-corrected chi connectivity index (χ3v) is 2.74. The maximum absolute atomic E-state index is 11.6. The molecule has 1 aliphatic rings. The summed E-state index contributed by atoms with van der Waals surface area (Å²) in [5, 5.41) is 0. The zero-order chi connectivity index (χ0) is 9.97. The second kappa shape index (κ2) is 3.78. The number of nitrogens with zero attached hydrogens (tertiary/aromatic N) is 2. The van der Waals surface area contributed by atoms with Gasteiger partial charge in [-0.2, -0.15) is 0 Å². The summed E-state index contributed by atoms with van der Waals surface area (Å²) in [6.45, 7) is 0.893. The van der Waals surface area contributed by atoms with Gasteiger partial charge in [-0.05, 0) is 24.5 Å². The Morgan fingerprint density at radius 2 is 2.50 bits per heavy atom. The molecule has 74 valence electrons. The van der Waals surface area contributed by atoms with Crippen LogP contribution in [0.25, 0.3) is 0 Å². The van der Waals surface area contributed by atoms with Crippen LogP contribution < -0.4 is 0 Å². The third kappa shape index (κ3) is 1.76. The molecule has 1 fully saturated rings. The topological polar surface area (TPSA) is 33.2 Å². The second-order valence-corrected chi connectivity index (χ2v) is 3.81. The van der Waals surface area contributed by atoms with Gasteiger partial charge in [0.2, 0.25) is 5.91 Å². The smallest absolute Gasteiger partial charge is 0.225 e. The van der Waals surface area contributed by atoms with Crippen molar-refractivity contribution in [1.82, 2.24) is 9.88 Å². The normalized spacial score (nSPS) is 21.6. The molecule has 1 aromatic heterocycles. The third-order valence-electron chi connectivity index (χ3n) is 2.74. The van der Waals surface area contributed by atoms with Crippen LogP contribution in [-0.2, 0) is 11.2 Å². The van der Waals surface area contributed by atoms with E-state index in [4.69, 9.17) is 0 Å². The van der Waals surface area contributed by atoms with Crippen LogP contribution in [0.4, 0.5) is 0 Å². The van der Waals surface area contributed by atoms with Crippen LogP contribution in [0.5, 0.6) is 0 Å². The average molecular weight is 190 g/mol. The lowest BCUT2D eigenvalue weighted by molar-refractivity contribution is -0.129. The molecular formula is C11H14N2O. The van der Waals surface area contributed by atoms with Crippen LogP contribution in [0.15, 0.2) is 24.5 Å². The number of rotatable bonds is 2. The SMILES string of the molecule is CN1CCC(Cc2cccnc2)C1=O. The van der Waals surface area contributed by atoms with E-state index in [0.717, 1.165) is 24.9 Å². The van der Waals surface area contributed by atoms with Crippen molar-refractivity contribution in [1.29, 1.82) is 0 Å². The lowest BCUT2D eigenvalue weighted by Gasteiger charge is -2.09.